The van der Waals surface area contributed by atoms with Crippen molar-refractivity contribution in [2.24, 2.45) is 0 Å². The first kappa shape index (κ1) is 13.4. The minimum absolute atomic E-state index is 0.174. The molecule has 1 aromatic rings. The molecule has 1 atom stereocenters. The Morgan fingerprint density at radius 1 is 1.17 bits per heavy atom. The van der Waals surface area contributed by atoms with Gasteiger partial charge in [-0.25, -0.2) is 8.78 Å². The highest BCUT2D eigenvalue weighted by Gasteiger charge is 2.22. The second-order valence-electron chi connectivity index (χ2n) is 4.45. The van der Waals surface area contributed by atoms with Crippen LogP contribution in [-0.4, -0.2) is 37.8 Å². The lowest BCUT2D eigenvalue weighted by Crippen LogP contribution is -2.45. The molecule has 0 bridgehead atoms. The molecule has 0 aliphatic carbocycles. The van der Waals surface area contributed by atoms with Gasteiger partial charge in [-0.05, 0) is 24.1 Å². The van der Waals surface area contributed by atoms with Gasteiger partial charge in [0.1, 0.15) is 0 Å². The summed E-state index contributed by atoms with van der Waals surface area (Å²) in [4.78, 5) is 2.11. The van der Waals surface area contributed by atoms with Crippen LogP contribution in [0.5, 0.6) is 0 Å². The van der Waals surface area contributed by atoms with Crippen molar-refractivity contribution in [2.45, 2.75) is 12.5 Å². The monoisotopic (exact) mass is 258 g/mol. The molecule has 1 heterocycles. The van der Waals surface area contributed by atoms with Crippen molar-refractivity contribution in [3.8, 4) is 0 Å². The molecule has 18 heavy (non-hydrogen) atoms. The van der Waals surface area contributed by atoms with E-state index in [0.29, 0.717) is 12.0 Å². The Hall–Kier alpha value is -1.07. The molecular weight excluding hydrogens is 241 g/mol. The van der Waals surface area contributed by atoms with E-state index < -0.39 is 18.3 Å². The molecule has 2 nitrogen and oxygen atoms in total. The van der Waals surface area contributed by atoms with Crippen LogP contribution in [0.4, 0.5) is 13.2 Å². The maximum absolute atomic E-state index is 13.2. The van der Waals surface area contributed by atoms with E-state index in [0.717, 1.165) is 32.2 Å². The lowest BCUT2D eigenvalue weighted by molar-refractivity contribution is 0.157. The number of nitrogens with zero attached hydrogens (tertiary/aromatic N) is 1. The quantitative estimate of drug-likeness (QED) is 0.891. The molecule has 1 aliphatic rings. The largest absolute Gasteiger partial charge is 0.314 e. The Morgan fingerprint density at radius 2 is 1.89 bits per heavy atom. The van der Waals surface area contributed by atoms with Gasteiger partial charge in [0.05, 0.1) is 6.67 Å². The molecule has 0 radical (unpaired) electrons. The highest BCUT2D eigenvalue weighted by atomic mass is 19.2. The van der Waals surface area contributed by atoms with Crippen LogP contribution in [0, 0.1) is 11.6 Å². The first-order chi connectivity index (χ1) is 8.72. The van der Waals surface area contributed by atoms with Crippen LogP contribution in [-0.2, 0) is 0 Å². The van der Waals surface area contributed by atoms with Gasteiger partial charge >= 0.3 is 0 Å². The summed E-state index contributed by atoms with van der Waals surface area (Å²) in [6, 6.07) is 3.66. The molecule has 0 spiro atoms. The van der Waals surface area contributed by atoms with Gasteiger partial charge in [-0.15, -0.1) is 0 Å². The fourth-order valence-electron chi connectivity index (χ4n) is 2.38. The maximum atomic E-state index is 13.2. The molecule has 1 aliphatic heterocycles. The van der Waals surface area contributed by atoms with Gasteiger partial charge in [0.25, 0.3) is 0 Å². The minimum Gasteiger partial charge on any atom is -0.314 e. The molecule has 1 N–H and O–H groups in total. The van der Waals surface area contributed by atoms with Gasteiger partial charge in [0, 0.05) is 32.2 Å². The fraction of sp³-hybridized carbons (Fsp3) is 0.538. The molecule has 100 valence electrons. The van der Waals surface area contributed by atoms with Gasteiger partial charge in [0.15, 0.2) is 11.6 Å². The van der Waals surface area contributed by atoms with Crippen molar-refractivity contribution < 1.29 is 13.2 Å². The summed E-state index contributed by atoms with van der Waals surface area (Å²) in [6.07, 6.45) is 0.311. The summed E-state index contributed by atoms with van der Waals surface area (Å²) in [5, 5.41) is 3.21. The molecule has 1 aromatic carbocycles. The third-order valence-corrected chi connectivity index (χ3v) is 3.30. The zero-order valence-corrected chi connectivity index (χ0v) is 10.1. The average Bonchev–Trinajstić information content (AvgIpc) is 2.40. The van der Waals surface area contributed by atoms with E-state index in [1.165, 1.54) is 6.07 Å². The van der Waals surface area contributed by atoms with Crippen LogP contribution >= 0.6 is 0 Å². The van der Waals surface area contributed by atoms with Crippen molar-refractivity contribution in [1.29, 1.82) is 0 Å². The summed E-state index contributed by atoms with van der Waals surface area (Å²) in [5.41, 5.74) is 0.647. The number of hydrogen-bond acceptors (Lipinski definition) is 2. The van der Waals surface area contributed by atoms with Crippen molar-refractivity contribution in [1.82, 2.24) is 10.2 Å². The first-order valence-corrected chi connectivity index (χ1v) is 6.18. The second-order valence-corrected chi connectivity index (χ2v) is 4.45. The predicted molar refractivity (Wildman–Crippen MR) is 64.1 cm³/mol. The summed E-state index contributed by atoms with van der Waals surface area (Å²) in [5.74, 6) is -1.73. The molecule has 1 fully saturated rings. The van der Waals surface area contributed by atoms with Crippen molar-refractivity contribution in [3.05, 3.63) is 35.4 Å². The first-order valence-electron chi connectivity index (χ1n) is 6.18. The SMILES string of the molecule is FCC[C@H](c1ccc(F)c(F)c1)N1CCNCC1. The van der Waals surface area contributed by atoms with E-state index in [4.69, 9.17) is 0 Å². The third kappa shape index (κ3) is 3.03. The van der Waals surface area contributed by atoms with E-state index >= 15 is 0 Å². The lowest BCUT2D eigenvalue weighted by Gasteiger charge is -2.34. The normalized spacial score (nSPS) is 18.8. The maximum Gasteiger partial charge on any atom is 0.159 e. The predicted octanol–water partition coefficient (Wildman–Crippen LogP) is 2.27. The summed E-state index contributed by atoms with van der Waals surface area (Å²) >= 11 is 0. The molecule has 0 aromatic heterocycles. The topological polar surface area (TPSA) is 15.3 Å². The van der Waals surface area contributed by atoms with Crippen molar-refractivity contribution in [2.75, 3.05) is 32.9 Å². The van der Waals surface area contributed by atoms with Crippen molar-refractivity contribution in [3.63, 3.8) is 0 Å². The molecule has 0 unspecified atom stereocenters. The van der Waals surface area contributed by atoms with Gasteiger partial charge in [-0.3, -0.25) is 9.29 Å². The van der Waals surface area contributed by atoms with Crippen LogP contribution in [0.1, 0.15) is 18.0 Å². The van der Waals surface area contributed by atoms with Gasteiger partial charge in [-0.2, -0.15) is 0 Å². The molecule has 0 amide bonds. The minimum atomic E-state index is -0.869. The van der Waals surface area contributed by atoms with Crippen LogP contribution in [0.25, 0.3) is 0 Å². The molecular formula is C13H17F3N2. The zero-order valence-electron chi connectivity index (χ0n) is 10.1. The summed E-state index contributed by atoms with van der Waals surface area (Å²) < 4.78 is 38.8. The van der Waals surface area contributed by atoms with Crippen LogP contribution < -0.4 is 5.32 Å². The highest BCUT2D eigenvalue weighted by Crippen LogP contribution is 2.26. The standard InChI is InChI=1S/C13H17F3N2/c14-4-3-13(18-7-5-17-6-8-18)10-1-2-11(15)12(16)9-10/h1-2,9,13,17H,3-8H2/t13-/m1/s1. The van der Waals surface area contributed by atoms with E-state index in [1.54, 1.807) is 6.07 Å². The average molecular weight is 258 g/mol. The fourth-order valence-corrected chi connectivity index (χ4v) is 2.38. The number of rotatable bonds is 4. The summed E-state index contributed by atoms with van der Waals surface area (Å²) in [7, 11) is 0. The van der Waals surface area contributed by atoms with Crippen molar-refractivity contribution >= 4 is 0 Å². The third-order valence-electron chi connectivity index (χ3n) is 3.30. The lowest BCUT2D eigenvalue weighted by atomic mass is 10.0. The van der Waals surface area contributed by atoms with Gasteiger partial charge < -0.3 is 5.32 Å². The number of nitrogens with one attached hydrogen (secondary N) is 1. The van der Waals surface area contributed by atoms with Gasteiger partial charge in [-0.1, -0.05) is 6.07 Å². The van der Waals surface area contributed by atoms with Crippen LogP contribution in [0.3, 0.4) is 0 Å². The Balaban J connectivity index is 2.19. The summed E-state index contributed by atoms with van der Waals surface area (Å²) in [6.45, 7) is 2.81. The number of halogens is 3. The van der Waals surface area contributed by atoms with E-state index in [2.05, 4.69) is 10.2 Å². The second kappa shape index (κ2) is 6.20. The van der Waals surface area contributed by atoms with Crippen LogP contribution in [0.15, 0.2) is 18.2 Å². The van der Waals surface area contributed by atoms with E-state index in [9.17, 15) is 13.2 Å². The smallest absolute Gasteiger partial charge is 0.159 e. The number of piperazine rings is 1. The molecule has 0 saturated carbocycles. The van der Waals surface area contributed by atoms with Crippen LogP contribution in [0.2, 0.25) is 0 Å². The Labute approximate surface area is 105 Å². The van der Waals surface area contributed by atoms with E-state index in [-0.39, 0.29) is 6.04 Å². The Bertz CT molecular complexity index is 392. The number of alkyl halides is 1. The van der Waals surface area contributed by atoms with E-state index in [1.807, 2.05) is 0 Å². The highest BCUT2D eigenvalue weighted by molar-refractivity contribution is 5.21. The zero-order chi connectivity index (χ0) is 13.0. The Morgan fingerprint density at radius 3 is 2.50 bits per heavy atom. The molecule has 2 rings (SSSR count). The molecule has 5 heteroatoms. The number of hydrogen-bond donors (Lipinski definition) is 1. The van der Waals surface area contributed by atoms with Gasteiger partial charge in [0.2, 0.25) is 0 Å². The Kier molecular flexibility index (Phi) is 4.60. The number of benzene rings is 1. The molecule has 1 saturated heterocycles.